The normalized spacial score (nSPS) is 15.3. The Bertz CT molecular complexity index is 393. The Morgan fingerprint density at radius 1 is 1.27 bits per heavy atom. The summed E-state index contributed by atoms with van der Waals surface area (Å²) < 4.78 is 24.8. The number of halogens is 2. The van der Waals surface area contributed by atoms with E-state index in [4.69, 9.17) is 0 Å². The van der Waals surface area contributed by atoms with E-state index in [0.29, 0.717) is 24.3 Å². The van der Waals surface area contributed by atoms with Gasteiger partial charge in [-0.05, 0) is 12.1 Å². The first kappa shape index (κ1) is 9.89. The largest absolute Gasteiger partial charge is 0.383 e. The molecule has 1 heterocycles. The van der Waals surface area contributed by atoms with Crippen molar-refractivity contribution in [3.63, 3.8) is 0 Å². The van der Waals surface area contributed by atoms with Crippen LogP contribution in [0.15, 0.2) is 18.2 Å². The maximum atomic E-state index is 12.4. The second-order valence-corrected chi connectivity index (χ2v) is 3.33. The monoisotopic (exact) mass is 212 g/mol. The molecule has 5 heteroatoms. The van der Waals surface area contributed by atoms with Crippen LogP contribution < -0.4 is 10.6 Å². The van der Waals surface area contributed by atoms with Gasteiger partial charge < -0.3 is 10.6 Å². The van der Waals surface area contributed by atoms with Crippen molar-refractivity contribution < 1.29 is 13.6 Å². The maximum Gasteiger partial charge on any atom is 0.263 e. The summed E-state index contributed by atoms with van der Waals surface area (Å²) in [5, 5.41) is 5.58. The molecule has 0 aliphatic carbocycles. The van der Waals surface area contributed by atoms with E-state index in [2.05, 4.69) is 10.6 Å². The zero-order valence-electron chi connectivity index (χ0n) is 7.89. The number of carbonyl (C=O) groups is 1. The van der Waals surface area contributed by atoms with Gasteiger partial charge >= 0.3 is 0 Å². The topological polar surface area (TPSA) is 41.1 Å². The van der Waals surface area contributed by atoms with Crippen LogP contribution in [0.4, 0.5) is 20.2 Å². The highest BCUT2D eigenvalue weighted by Gasteiger charge is 2.15. The fraction of sp³-hybridized carbons (Fsp3) is 0.300. The van der Waals surface area contributed by atoms with E-state index in [1.54, 1.807) is 6.07 Å². The lowest BCUT2D eigenvalue weighted by Gasteiger charge is -2.09. The van der Waals surface area contributed by atoms with Crippen molar-refractivity contribution in [1.82, 2.24) is 0 Å². The van der Waals surface area contributed by atoms with Gasteiger partial charge in [-0.25, -0.2) is 8.78 Å². The maximum absolute atomic E-state index is 12.4. The molecule has 0 bridgehead atoms. The molecule has 2 N–H and O–H groups in total. The number of hydrogen-bond acceptors (Lipinski definition) is 2. The summed E-state index contributed by atoms with van der Waals surface area (Å²) in [7, 11) is 0. The summed E-state index contributed by atoms with van der Waals surface area (Å²) in [6.07, 6.45) is -2.17. The van der Waals surface area contributed by atoms with Crippen LogP contribution >= 0.6 is 0 Å². The van der Waals surface area contributed by atoms with Gasteiger partial charge in [0, 0.05) is 18.5 Å². The lowest BCUT2D eigenvalue weighted by Crippen LogP contribution is -2.10. The standard InChI is InChI=1S/C10H10F2N2O/c11-10(12)6-1-2-7-8(5-6)14-9(15)3-4-13-7/h1-2,5,10,13H,3-4H2,(H,14,15). The highest BCUT2D eigenvalue weighted by molar-refractivity contribution is 5.96. The van der Waals surface area contributed by atoms with E-state index in [0.717, 1.165) is 0 Å². The van der Waals surface area contributed by atoms with Gasteiger partial charge in [0.2, 0.25) is 5.91 Å². The van der Waals surface area contributed by atoms with Crippen molar-refractivity contribution in [1.29, 1.82) is 0 Å². The van der Waals surface area contributed by atoms with Crippen LogP contribution in [0.5, 0.6) is 0 Å². The molecule has 0 saturated heterocycles. The molecule has 2 rings (SSSR count). The van der Waals surface area contributed by atoms with Crippen molar-refractivity contribution >= 4 is 17.3 Å². The molecule has 0 fully saturated rings. The number of nitrogens with one attached hydrogen (secondary N) is 2. The molecule has 1 amide bonds. The van der Waals surface area contributed by atoms with Crippen LogP contribution in [-0.4, -0.2) is 12.5 Å². The molecule has 3 nitrogen and oxygen atoms in total. The highest BCUT2D eigenvalue weighted by Crippen LogP contribution is 2.29. The minimum atomic E-state index is -2.52. The van der Waals surface area contributed by atoms with Gasteiger partial charge in [-0.15, -0.1) is 0 Å². The summed E-state index contributed by atoms with van der Waals surface area (Å²) in [4.78, 5) is 11.2. The molecule has 0 radical (unpaired) electrons. The smallest absolute Gasteiger partial charge is 0.263 e. The SMILES string of the molecule is O=C1CCNc2ccc(C(F)F)cc2N1. The summed E-state index contributed by atoms with van der Waals surface area (Å²) in [6.45, 7) is 0.521. The molecule has 15 heavy (non-hydrogen) atoms. The Balaban J connectivity index is 2.37. The first-order valence-electron chi connectivity index (χ1n) is 4.62. The molecule has 0 unspecified atom stereocenters. The molecule has 1 aromatic carbocycles. The van der Waals surface area contributed by atoms with E-state index >= 15 is 0 Å². The zero-order valence-corrected chi connectivity index (χ0v) is 7.89. The predicted molar refractivity (Wildman–Crippen MR) is 53.1 cm³/mol. The van der Waals surface area contributed by atoms with Crippen molar-refractivity contribution in [3.05, 3.63) is 23.8 Å². The van der Waals surface area contributed by atoms with Crippen molar-refractivity contribution in [2.75, 3.05) is 17.2 Å². The van der Waals surface area contributed by atoms with Crippen LogP contribution in [0, 0.1) is 0 Å². The second kappa shape index (κ2) is 3.84. The molecule has 0 saturated carbocycles. The molecule has 1 aromatic rings. The zero-order chi connectivity index (χ0) is 10.8. The summed E-state index contributed by atoms with van der Waals surface area (Å²) >= 11 is 0. The predicted octanol–water partition coefficient (Wildman–Crippen LogP) is 2.38. The van der Waals surface area contributed by atoms with Gasteiger partial charge in [0.15, 0.2) is 0 Å². The van der Waals surface area contributed by atoms with Crippen LogP contribution in [0.2, 0.25) is 0 Å². The van der Waals surface area contributed by atoms with Gasteiger partial charge in [0.1, 0.15) is 0 Å². The van der Waals surface area contributed by atoms with Crippen molar-refractivity contribution in [2.24, 2.45) is 0 Å². The third-order valence-corrected chi connectivity index (χ3v) is 2.24. The summed E-state index contributed by atoms with van der Waals surface area (Å²) in [5.74, 6) is -0.160. The summed E-state index contributed by atoms with van der Waals surface area (Å²) in [5.41, 5.74) is 1.03. The van der Waals surface area contributed by atoms with Gasteiger partial charge in [0.25, 0.3) is 6.43 Å². The molecule has 1 aliphatic heterocycles. The van der Waals surface area contributed by atoms with Gasteiger partial charge in [-0.2, -0.15) is 0 Å². The molecule has 0 spiro atoms. The average molecular weight is 212 g/mol. The first-order chi connectivity index (χ1) is 7.16. The number of alkyl halides is 2. The van der Waals surface area contributed by atoms with E-state index in [9.17, 15) is 13.6 Å². The van der Waals surface area contributed by atoms with Crippen molar-refractivity contribution in [3.8, 4) is 0 Å². The lowest BCUT2D eigenvalue weighted by molar-refractivity contribution is -0.115. The van der Waals surface area contributed by atoms with E-state index in [1.807, 2.05) is 0 Å². The van der Waals surface area contributed by atoms with Crippen LogP contribution in [-0.2, 0) is 4.79 Å². The molecular formula is C10H10F2N2O. The number of amides is 1. The van der Waals surface area contributed by atoms with Gasteiger partial charge in [-0.1, -0.05) is 6.07 Å². The molecule has 80 valence electrons. The lowest BCUT2D eigenvalue weighted by atomic mass is 10.2. The van der Waals surface area contributed by atoms with E-state index in [1.165, 1.54) is 12.1 Å². The van der Waals surface area contributed by atoms with Gasteiger partial charge in [0.05, 0.1) is 11.4 Å². The number of carbonyl (C=O) groups excluding carboxylic acids is 1. The van der Waals surface area contributed by atoms with Crippen LogP contribution in [0.1, 0.15) is 18.4 Å². The summed E-state index contributed by atoms with van der Waals surface area (Å²) in [6, 6.07) is 4.21. The molecule has 0 aromatic heterocycles. The van der Waals surface area contributed by atoms with Crippen molar-refractivity contribution in [2.45, 2.75) is 12.8 Å². The molecule has 0 atom stereocenters. The minimum Gasteiger partial charge on any atom is -0.383 e. The van der Waals surface area contributed by atoms with Crippen LogP contribution in [0.3, 0.4) is 0 Å². The Hall–Kier alpha value is -1.65. The number of hydrogen-bond donors (Lipinski definition) is 2. The fourth-order valence-corrected chi connectivity index (χ4v) is 1.48. The highest BCUT2D eigenvalue weighted by atomic mass is 19.3. The van der Waals surface area contributed by atoms with Crippen LogP contribution in [0.25, 0.3) is 0 Å². The quantitative estimate of drug-likeness (QED) is 0.750. The number of rotatable bonds is 1. The number of benzene rings is 1. The number of fused-ring (bicyclic) bond motifs is 1. The van der Waals surface area contributed by atoms with E-state index < -0.39 is 6.43 Å². The minimum absolute atomic E-state index is 0.0854. The second-order valence-electron chi connectivity index (χ2n) is 3.33. The first-order valence-corrected chi connectivity index (χ1v) is 4.62. The Labute approximate surface area is 85.5 Å². The Kier molecular flexibility index (Phi) is 2.53. The fourth-order valence-electron chi connectivity index (χ4n) is 1.48. The Morgan fingerprint density at radius 3 is 2.80 bits per heavy atom. The average Bonchev–Trinajstić information content (AvgIpc) is 2.37. The van der Waals surface area contributed by atoms with E-state index in [-0.39, 0.29) is 11.5 Å². The number of anilines is 2. The Morgan fingerprint density at radius 2 is 2.07 bits per heavy atom. The third kappa shape index (κ3) is 2.06. The molecular weight excluding hydrogens is 202 g/mol. The van der Waals surface area contributed by atoms with Gasteiger partial charge in [-0.3, -0.25) is 4.79 Å². The third-order valence-electron chi connectivity index (χ3n) is 2.24. The molecule has 1 aliphatic rings.